The van der Waals surface area contributed by atoms with Gasteiger partial charge in [0.05, 0.1) is 12.7 Å². The van der Waals surface area contributed by atoms with E-state index in [0.717, 1.165) is 37.4 Å². The van der Waals surface area contributed by atoms with E-state index in [1.807, 2.05) is 31.2 Å². The molecule has 1 aliphatic heterocycles. The molecule has 3 rings (SSSR count). The number of anilines is 2. The summed E-state index contributed by atoms with van der Waals surface area (Å²) in [7, 11) is 1.78. The Bertz CT molecular complexity index is 705. The molecular weight excluding hydrogens is 328 g/mol. The molecule has 26 heavy (non-hydrogen) atoms. The number of carbonyl (C=O) groups excluding carboxylic acids is 1. The van der Waals surface area contributed by atoms with Crippen LogP contribution >= 0.6 is 0 Å². The minimum atomic E-state index is -0.123. The van der Waals surface area contributed by atoms with Crippen LogP contribution in [0.2, 0.25) is 0 Å². The zero-order chi connectivity index (χ0) is 18.4. The molecule has 138 valence electrons. The molecule has 1 N–H and O–H groups in total. The second kappa shape index (κ2) is 8.72. The van der Waals surface area contributed by atoms with E-state index >= 15 is 0 Å². The minimum Gasteiger partial charge on any atom is -0.494 e. The highest BCUT2D eigenvalue weighted by molar-refractivity contribution is 6.04. The van der Waals surface area contributed by atoms with Crippen LogP contribution in [0.5, 0.6) is 5.75 Å². The van der Waals surface area contributed by atoms with Crippen molar-refractivity contribution in [3.8, 4) is 5.75 Å². The molecule has 0 unspecified atom stereocenters. The number of ether oxygens (including phenoxy) is 2. The van der Waals surface area contributed by atoms with Crippen molar-refractivity contribution in [2.24, 2.45) is 0 Å². The van der Waals surface area contributed by atoms with Crippen molar-refractivity contribution in [3.05, 3.63) is 54.1 Å². The topological polar surface area (TPSA) is 50.8 Å². The lowest BCUT2D eigenvalue weighted by molar-refractivity contribution is 0.0819. The molecule has 0 spiro atoms. The molecule has 1 fully saturated rings. The van der Waals surface area contributed by atoms with E-state index in [2.05, 4.69) is 22.3 Å². The fourth-order valence-corrected chi connectivity index (χ4v) is 3.18. The van der Waals surface area contributed by atoms with Crippen LogP contribution < -0.4 is 15.0 Å². The van der Waals surface area contributed by atoms with E-state index in [9.17, 15) is 4.79 Å². The molecule has 0 atom stereocenters. The fraction of sp³-hybridized carbons (Fsp3) is 0.381. The number of nitrogens with one attached hydrogen (secondary N) is 1. The van der Waals surface area contributed by atoms with E-state index in [-0.39, 0.29) is 5.91 Å². The van der Waals surface area contributed by atoms with Crippen molar-refractivity contribution in [1.29, 1.82) is 0 Å². The third-order valence-corrected chi connectivity index (χ3v) is 4.69. The molecule has 1 aliphatic rings. The van der Waals surface area contributed by atoms with Crippen molar-refractivity contribution in [2.75, 3.05) is 37.0 Å². The molecule has 1 saturated heterocycles. The molecule has 5 heteroatoms. The standard InChI is InChI=1S/C21H26N2O3/c1-3-26-20-10-4-16(5-11-20)21(24)22-17-6-8-18(9-7-17)23-14-12-19(25-2)13-15-23/h4-11,19H,3,12-15H2,1-2H3,(H,22,24). The number of benzene rings is 2. The molecule has 1 heterocycles. The molecule has 1 amide bonds. The van der Waals surface area contributed by atoms with Gasteiger partial charge in [0.2, 0.25) is 0 Å². The first kappa shape index (κ1) is 18.3. The summed E-state index contributed by atoms with van der Waals surface area (Å²) < 4.78 is 10.8. The third-order valence-electron chi connectivity index (χ3n) is 4.69. The highest BCUT2D eigenvalue weighted by Gasteiger charge is 2.18. The van der Waals surface area contributed by atoms with Gasteiger partial charge in [-0.25, -0.2) is 0 Å². The lowest BCUT2D eigenvalue weighted by atomic mass is 10.1. The van der Waals surface area contributed by atoms with Crippen molar-refractivity contribution in [3.63, 3.8) is 0 Å². The smallest absolute Gasteiger partial charge is 0.255 e. The summed E-state index contributed by atoms with van der Waals surface area (Å²) in [5.74, 6) is 0.646. The van der Waals surface area contributed by atoms with Crippen LogP contribution in [-0.4, -0.2) is 38.8 Å². The zero-order valence-electron chi connectivity index (χ0n) is 15.4. The number of rotatable bonds is 6. The van der Waals surface area contributed by atoms with Gasteiger partial charge in [0.1, 0.15) is 5.75 Å². The number of piperidine rings is 1. The van der Waals surface area contributed by atoms with Gasteiger partial charge in [-0.15, -0.1) is 0 Å². The van der Waals surface area contributed by atoms with Gasteiger partial charge in [-0.2, -0.15) is 0 Å². The summed E-state index contributed by atoms with van der Waals surface area (Å²) in [5, 5.41) is 2.94. The van der Waals surface area contributed by atoms with Gasteiger partial charge in [-0.05, 0) is 68.3 Å². The Morgan fingerprint density at radius 3 is 2.31 bits per heavy atom. The summed E-state index contributed by atoms with van der Waals surface area (Å²) in [6.07, 6.45) is 2.47. The van der Waals surface area contributed by atoms with E-state index in [1.165, 1.54) is 5.69 Å². The third kappa shape index (κ3) is 4.55. The van der Waals surface area contributed by atoms with Gasteiger partial charge in [-0.1, -0.05) is 0 Å². The highest BCUT2D eigenvalue weighted by atomic mass is 16.5. The number of carbonyl (C=O) groups is 1. The Balaban J connectivity index is 1.57. The van der Waals surface area contributed by atoms with Gasteiger partial charge in [0, 0.05) is 37.1 Å². The van der Waals surface area contributed by atoms with E-state index < -0.39 is 0 Å². The van der Waals surface area contributed by atoms with Crippen molar-refractivity contribution in [2.45, 2.75) is 25.9 Å². The van der Waals surface area contributed by atoms with Crippen LogP contribution in [0.25, 0.3) is 0 Å². The SMILES string of the molecule is CCOc1ccc(C(=O)Nc2ccc(N3CCC(OC)CC3)cc2)cc1. The first-order chi connectivity index (χ1) is 12.7. The predicted octanol–water partition coefficient (Wildman–Crippen LogP) is 3.95. The molecule has 0 aliphatic carbocycles. The largest absolute Gasteiger partial charge is 0.494 e. The Hall–Kier alpha value is -2.53. The molecule has 0 radical (unpaired) electrons. The second-order valence-electron chi connectivity index (χ2n) is 6.38. The maximum absolute atomic E-state index is 12.4. The van der Waals surface area contributed by atoms with Crippen LogP contribution in [0.3, 0.4) is 0 Å². The second-order valence-corrected chi connectivity index (χ2v) is 6.38. The van der Waals surface area contributed by atoms with E-state index in [4.69, 9.17) is 9.47 Å². The van der Waals surface area contributed by atoms with Crippen LogP contribution in [0.15, 0.2) is 48.5 Å². The van der Waals surface area contributed by atoms with E-state index in [1.54, 1.807) is 19.2 Å². The number of nitrogens with zero attached hydrogens (tertiary/aromatic N) is 1. The molecule has 2 aromatic carbocycles. The summed E-state index contributed by atoms with van der Waals surface area (Å²) in [6.45, 7) is 4.54. The first-order valence-electron chi connectivity index (χ1n) is 9.11. The monoisotopic (exact) mass is 354 g/mol. The fourth-order valence-electron chi connectivity index (χ4n) is 3.18. The zero-order valence-corrected chi connectivity index (χ0v) is 15.4. The van der Waals surface area contributed by atoms with Crippen LogP contribution in [0, 0.1) is 0 Å². The van der Waals surface area contributed by atoms with Gasteiger partial charge in [0.25, 0.3) is 5.91 Å². The van der Waals surface area contributed by atoms with Gasteiger partial charge in [-0.3, -0.25) is 4.79 Å². The molecule has 2 aromatic rings. The van der Waals surface area contributed by atoms with Gasteiger partial charge in [0.15, 0.2) is 0 Å². The number of hydrogen-bond donors (Lipinski definition) is 1. The quantitative estimate of drug-likeness (QED) is 0.853. The first-order valence-corrected chi connectivity index (χ1v) is 9.11. The van der Waals surface area contributed by atoms with Crippen molar-refractivity contribution in [1.82, 2.24) is 0 Å². The molecule has 0 saturated carbocycles. The summed E-state index contributed by atoms with van der Waals surface area (Å²) in [5.41, 5.74) is 2.58. The lowest BCUT2D eigenvalue weighted by Crippen LogP contribution is -2.36. The van der Waals surface area contributed by atoms with Gasteiger partial charge >= 0.3 is 0 Å². The normalized spacial score (nSPS) is 14.9. The van der Waals surface area contributed by atoms with Crippen LogP contribution in [-0.2, 0) is 4.74 Å². The molecule has 5 nitrogen and oxygen atoms in total. The number of methoxy groups -OCH3 is 1. The molecular formula is C21H26N2O3. The predicted molar refractivity (Wildman–Crippen MR) is 104 cm³/mol. The molecule has 0 aromatic heterocycles. The maximum Gasteiger partial charge on any atom is 0.255 e. The Kier molecular flexibility index (Phi) is 6.12. The van der Waals surface area contributed by atoms with Crippen molar-refractivity contribution < 1.29 is 14.3 Å². The van der Waals surface area contributed by atoms with E-state index in [0.29, 0.717) is 18.3 Å². The minimum absolute atomic E-state index is 0.123. The Labute approximate surface area is 154 Å². The number of hydrogen-bond acceptors (Lipinski definition) is 4. The summed E-state index contributed by atoms with van der Waals surface area (Å²) in [6, 6.07) is 15.2. The summed E-state index contributed by atoms with van der Waals surface area (Å²) in [4.78, 5) is 14.7. The van der Waals surface area contributed by atoms with Crippen molar-refractivity contribution >= 4 is 17.3 Å². The number of amides is 1. The Morgan fingerprint density at radius 2 is 1.73 bits per heavy atom. The van der Waals surface area contributed by atoms with Crippen LogP contribution in [0.1, 0.15) is 30.1 Å². The average Bonchev–Trinajstić information content (AvgIpc) is 2.69. The highest BCUT2D eigenvalue weighted by Crippen LogP contribution is 2.23. The molecule has 0 bridgehead atoms. The Morgan fingerprint density at radius 1 is 1.08 bits per heavy atom. The maximum atomic E-state index is 12.4. The average molecular weight is 354 g/mol. The van der Waals surface area contributed by atoms with Gasteiger partial charge < -0.3 is 19.7 Å². The lowest BCUT2D eigenvalue weighted by Gasteiger charge is -2.33. The summed E-state index contributed by atoms with van der Waals surface area (Å²) >= 11 is 0. The van der Waals surface area contributed by atoms with Crippen LogP contribution in [0.4, 0.5) is 11.4 Å².